The Kier molecular flexibility index (Phi) is 3.57. The highest BCUT2D eigenvalue weighted by molar-refractivity contribution is 9.10. The van der Waals surface area contributed by atoms with E-state index in [0.29, 0.717) is 11.5 Å². The molecule has 9 heteroatoms. The van der Waals surface area contributed by atoms with Gasteiger partial charge in [-0.1, -0.05) is 15.9 Å². The molecule has 0 N–H and O–H groups in total. The number of aromatic nitrogens is 3. The predicted molar refractivity (Wildman–Crippen MR) is 79.6 cm³/mol. The van der Waals surface area contributed by atoms with Crippen molar-refractivity contribution in [3.8, 4) is 0 Å². The zero-order chi connectivity index (χ0) is 15.9. The quantitative estimate of drug-likeness (QED) is 0.755. The topological polar surface area (TPSA) is 86.4 Å². The Balaban J connectivity index is 1.91. The first-order chi connectivity index (χ1) is 10.5. The van der Waals surface area contributed by atoms with E-state index in [0.717, 1.165) is 13.7 Å². The fourth-order valence-electron chi connectivity index (χ4n) is 2.19. The number of ether oxygens (including phenoxy) is 1. The molecule has 1 aromatic carbocycles. The van der Waals surface area contributed by atoms with Gasteiger partial charge in [0, 0.05) is 10.2 Å². The van der Waals surface area contributed by atoms with E-state index in [4.69, 9.17) is 0 Å². The fraction of sp³-hybridized carbons (Fsp3) is 0.231. The maximum Gasteiger partial charge on any atom is 0.354 e. The Hall–Kier alpha value is -2.42. The Labute approximate surface area is 133 Å². The molecule has 0 saturated heterocycles. The summed E-state index contributed by atoms with van der Waals surface area (Å²) in [4.78, 5) is 37.2. The van der Waals surface area contributed by atoms with E-state index < -0.39 is 17.7 Å². The normalized spacial score (nSPS) is 13.4. The van der Waals surface area contributed by atoms with E-state index in [2.05, 4.69) is 25.8 Å². The molecule has 0 saturated carbocycles. The number of rotatable bonds is 3. The number of carbonyl (C=O) groups is 2. The number of halogens is 1. The third kappa shape index (κ3) is 2.33. The molecule has 2 aromatic rings. The van der Waals surface area contributed by atoms with Gasteiger partial charge < -0.3 is 4.74 Å². The molecule has 1 amide bonds. The molecule has 114 valence electrons. The lowest BCUT2D eigenvalue weighted by atomic mass is 10.3. The molecule has 0 aliphatic carbocycles. The highest BCUT2D eigenvalue weighted by Gasteiger charge is 2.33. The number of carbonyl (C=O) groups excluding carboxylic acids is 2. The number of benzene rings is 1. The van der Waals surface area contributed by atoms with Crippen LogP contribution in [-0.2, 0) is 22.6 Å². The lowest BCUT2D eigenvalue weighted by Gasteiger charge is -2.14. The predicted octanol–water partition coefficient (Wildman–Crippen LogP) is 0.969. The van der Waals surface area contributed by atoms with Crippen molar-refractivity contribution in [1.82, 2.24) is 14.3 Å². The summed E-state index contributed by atoms with van der Waals surface area (Å²) < 4.78 is 7.27. The second kappa shape index (κ2) is 5.41. The number of anilines is 1. The highest BCUT2D eigenvalue weighted by atomic mass is 79.9. The maximum atomic E-state index is 12.4. The second-order valence-corrected chi connectivity index (χ2v) is 5.53. The molecule has 0 atom stereocenters. The minimum atomic E-state index is -0.648. The van der Waals surface area contributed by atoms with E-state index in [1.807, 2.05) is 0 Å². The zero-order valence-electron chi connectivity index (χ0n) is 11.5. The van der Waals surface area contributed by atoms with Gasteiger partial charge in [-0.3, -0.25) is 9.69 Å². The molecule has 8 nitrogen and oxygen atoms in total. The average Bonchev–Trinajstić information content (AvgIpc) is 2.98. The number of hydrogen-bond acceptors (Lipinski definition) is 5. The molecule has 0 bridgehead atoms. The van der Waals surface area contributed by atoms with Crippen LogP contribution in [0.15, 0.2) is 33.5 Å². The van der Waals surface area contributed by atoms with Gasteiger partial charge in [0.05, 0.1) is 13.7 Å². The smallest absolute Gasteiger partial charge is 0.354 e. The van der Waals surface area contributed by atoms with Gasteiger partial charge in [-0.25, -0.2) is 14.3 Å². The molecule has 0 spiro atoms. The molecule has 0 unspecified atom stereocenters. The molecular formula is C13H11BrN4O4. The first-order valence-electron chi connectivity index (χ1n) is 6.34. The summed E-state index contributed by atoms with van der Waals surface area (Å²) in [5.41, 5.74) is 0.0163. The molecule has 22 heavy (non-hydrogen) atoms. The maximum absolute atomic E-state index is 12.4. The van der Waals surface area contributed by atoms with Gasteiger partial charge in [-0.2, -0.15) is 9.67 Å². The summed E-state index contributed by atoms with van der Waals surface area (Å²) in [5.74, 6) is -0.307. The van der Waals surface area contributed by atoms with Crippen LogP contribution in [0.25, 0.3) is 0 Å². The molecule has 1 aromatic heterocycles. The third-order valence-corrected chi connectivity index (χ3v) is 3.80. The minimum absolute atomic E-state index is 0.171. The van der Waals surface area contributed by atoms with Gasteiger partial charge in [-0.15, -0.1) is 0 Å². The van der Waals surface area contributed by atoms with Crippen LogP contribution in [-0.4, -0.2) is 33.5 Å². The summed E-state index contributed by atoms with van der Waals surface area (Å²) in [6.07, 6.45) is 0. The lowest BCUT2D eigenvalue weighted by molar-refractivity contribution is -0.141. The van der Waals surface area contributed by atoms with Crippen molar-refractivity contribution in [2.45, 2.75) is 13.1 Å². The molecule has 2 heterocycles. The van der Waals surface area contributed by atoms with Crippen molar-refractivity contribution >= 4 is 33.6 Å². The van der Waals surface area contributed by atoms with Crippen molar-refractivity contribution < 1.29 is 14.3 Å². The highest BCUT2D eigenvalue weighted by Crippen LogP contribution is 2.24. The standard InChI is InChI=1S/C13H11BrN4O4/c1-22-11(19)7-17-13(21)18-10(15-17)6-16(12(18)20)9-4-2-8(14)3-5-9/h2-5H,6-7H2,1H3. The van der Waals surface area contributed by atoms with Crippen molar-refractivity contribution in [2.24, 2.45) is 0 Å². The van der Waals surface area contributed by atoms with Crippen molar-refractivity contribution in [3.63, 3.8) is 0 Å². The molecule has 1 aliphatic rings. The van der Waals surface area contributed by atoms with E-state index >= 15 is 0 Å². The van der Waals surface area contributed by atoms with Crippen LogP contribution in [0.1, 0.15) is 5.82 Å². The number of fused-ring (bicyclic) bond motifs is 1. The monoisotopic (exact) mass is 366 g/mol. The average molecular weight is 367 g/mol. The molecule has 1 aliphatic heterocycles. The SMILES string of the molecule is COC(=O)Cn1nc2n(c1=O)C(=O)N(c1ccc(Br)cc1)C2. The van der Waals surface area contributed by atoms with Gasteiger partial charge in [-0.05, 0) is 24.3 Å². The molecule has 0 fully saturated rings. The van der Waals surface area contributed by atoms with Crippen LogP contribution in [0.4, 0.5) is 10.5 Å². The number of methoxy groups -OCH3 is 1. The van der Waals surface area contributed by atoms with E-state index in [9.17, 15) is 14.4 Å². The van der Waals surface area contributed by atoms with Crippen LogP contribution >= 0.6 is 15.9 Å². The van der Waals surface area contributed by atoms with Crippen LogP contribution in [0.3, 0.4) is 0 Å². The molecular weight excluding hydrogens is 356 g/mol. The van der Waals surface area contributed by atoms with Crippen LogP contribution in [0, 0.1) is 0 Å². The Morgan fingerprint density at radius 1 is 1.32 bits per heavy atom. The summed E-state index contributed by atoms with van der Waals surface area (Å²) in [6, 6.07) is 6.65. The second-order valence-electron chi connectivity index (χ2n) is 4.61. The first-order valence-corrected chi connectivity index (χ1v) is 7.13. The molecule has 0 radical (unpaired) electrons. The fourth-order valence-corrected chi connectivity index (χ4v) is 2.45. The Morgan fingerprint density at radius 3 is 2.59 bits per heavy atom. The summed E-state index contributed by atoms with van der Waals surface area (Å²) in [7, 11) is 1.22. The van der Waals surface area contributed by atoms with Crippen LogP contribution < -0.4 is 10.6 Å². The largest absolute Gasteiger partial charge is 0.468 e. The first kappa shape index (κ1) is 14.5. The zero-order valence-corrected chi connectivity index (χ0v) is 13.1. The Morgan fingerprint density at radius 2 is 2.00 bits per heavy atom. The van der Waals surface area contributed by atoms with E-state index in [-0.39, 0.29) is 13.1 Å². The molecule has 3 rings (SSSR count). The van der Waals surface area contributed by atoms with Gasteiger partial charge in [0.25, 0.3) is 0 Å². The van der Waals surface area contributed by atoms with E-state index in [1.54, 1.807) is 24.3 Å². The van der Waals surface area contributed by atoms with Gasteiger partial charge >= 0.3 is 17.7 Å². The van der Waals surface area contributed by atoms with Crippen LogP contribution in [0.5, 0.6) is 0 Å². The Bertz CT molecular complexity index is 808. The van der Waals surface area contributed by atoms with Crippen molar-refractivity contribution in [1.29, 1.82) is 0 Å². The van der Waals surface area contributed by atoms with Crippen molar-refractivity contribution in [3.05, 3.63) is 45.0 Å². The third-order valence-electron chi connectivity index (χ3n) is 3.27. The van der Waals surface area contributed by atoms with Crippen molar-refractivity contribution in [2.75, 3.05) is 12.0 Å². The van der Waals surface area contributed by atoms with Gasteiger partial charge in [0.15, 0.2) is 5.82 Å². The minimum Gasteiger partial charge on any atom is -0.468 e. The van der Waals surface area contributed by atoms with Gasteiger partial charge in [0.2, 0.25) is 0 Å². The van der Waals surface area contributed by atoms with Crippen LogP contribution in [0.2, 0.25) is 0 Å². The lowest BCUT2D eigenvalue weighted by Crippen LogP contribution is -2.35. The summed E-state index contributed by atoms with van der Waals surface area (Å²) >= 11 is 3.32. The summed E-state index contributed by atoms with van der Waals surface area (Å²) in [5, 5.41) is 4.02. The number of esters is 1. The number of nitrogens with zero attached hydrogens (tertiary/aromatic N) is 4. The summed E-state index contributed by atoms with van der Waals surface area (Å²) in [6.45, 7) is -0.148. The number of amides is 1. The van der Waals surface area contributed by atoms with E-state index in [1.165, 1.54) is 12.0 Å². The van der Waals surface area contributed by atoms with Gasteiger partial charge in [0.1, 0.15) is 6.54 Å². The number of hydrogen-bond donors (Lipinski definition) is 0.